The zero-order valence-corrected chi connectivity index (χ0v) is 25.1. The van der Waals surface area contributed by atoms with E-state index in [0.29, 0.717) is 38.4 Å². The van der Waals surface area contributed by atoms with E-state index >= 15 is 0 Å². The molecular weight excluding hydrogens is 591 g/mol. The zero-order valence-electron chi connectivity index (χ0n) is 24.3. The molecule has 0 amide bonds. The number of nitrogens with zero attached hydrogens (tertiary/aromatic N) is 3. The van der Waals surface area contributed by atoms with E-state index in [-0.39, 0.29) is 0 Å². The molecule has 0 N–H and O–H groups in total. The van der Waals surface area contributed by atoms with Crippen molar-refractivity contribution < 1.29 is 12.8 Å². The second-order valence-corrected chi connectivity index (χ2v) is 13.1. The van der Waals surface area contributed by atoms with Gasteiger partial charge in [0.15, 0.2) is 17.5 Å². The molecule has 0 bridgehead atoms. The van der Waals surface area contributed by atoms with E-state index in [2.05, 4.69) is 6.07 Å². The number of fused-ring (bicyclic) bond motifs is 6. The number of sulfone groups is 1. The lowest BCUT2D eigenvalue weighted by atomic mass is 9.99. The van der Waals surface area contributed by atoms with Gasteiger partial charge in [-0.2, -0.15) is 0 Å². The topological polar surface area (TPSA) is 86.0 Å². The standard InChI is InChI=1S/C39H23N3O3S/c43-46(44)34-17-8-7-14-28(34)29-20-18-27(23-35(29)46)26-19-21-33-32(22-26)30-15-9-16-31(36(30)45-33)39-41-37(24-10-3-1-4-11-24)40-38(42-39)25-12-5-2-6-13-25/h1-23H. The SMILES string of the molecule is O=S1(=O)c2ccccc2-c2ccc(-c3ccc4oc5c(-c6nc(-c7ccccc7)nc(-c7ccccc7)n6)cccc5c4c3)cc21. The highest BCUT2D eigenvalue weighted by Crippen LogP contribution is 2.45. The highest BCUT2D eigenvalue weighted by molar-refractivity contribution is 7.92. The van der Waals surface area contributed by atoms with Gasteiger partial charge in [0.25, 0.3) is 0 Å². The molecule has 3 heterocycles. The quantitative estimate of drug-likeness (QED) is 0.197. The van der Waals surface area contributed by atoms with Crippen molar-refractivity contribution >= 4 is 31.8 Å². The normalized spacial score (nSPS) is 13.1. The summed E-state index contributed by atoms with van der Waals surface area (Å²) in [7, 11) is -3.58. The number of hydrogen-bond donors (Lipinski definition) is 0. The van der Waals surface area contributed by atoms with Gasteiger partial charge in [0.1, 0.15) is 11.2 Å². The molecule has 0 saturated heterocycles. The lowest BCUT2D eigenvalue weighted by molar-refractivity contribution is 0.598. The highest BCUT2D eigenvalue weighted by Gasteiger charge is 2.32. The fraction of sp³-hybridized carbons (Fsp3) is 0. The Kier molecular flexibility index (Phi) is 5.79. The minimum Gasteiger partial charge on any atom is -0.455 e. The molecule has 1 aliphatic heterocycles. The first-order chi connectivity index (χ1) is 22.5. The Balaban J connectivity index is 1.19. The summed E-state index contributed by atoms with van der Waals surface area (Å²) >= 11 is 0. The first-order valence-electron chi connectivity index (χ1n) is 14.9. The van der Waals surface area contributed by atoms with Gasteiger partial charge < -0.3 is 4.42 Å². The summed E-state index contributed by atoms with van der Waals surface area (Å²) in [6, 6.07) is 44.5. The Hall–Kier alpha value is -5.92. The van der Waals surface area contributed by atoms with Crippen molar-refractivity contribution in [1.29, 1.82) is 0 Å². The van der Waals surface area contributed by atoms with Crippen molar-refractivity contribution in [2.75, 3.05) is 0 Å². The molecule has 218 valence electrons. The van der Waals surface area contributed by atoms with Crippen LogP contribution in [0.3, 0.4) is 0 Å². The van der Waals surface area contributed by atoms with Crippen molar-refractivity contribution in [2.45, 2.75) is 9.79 Å². The summed E-state index contributed by atoms with van der Waals surface area (Å²) in [4.78, 5) is 15.3. The van der Waals surface area contributed by atoms with Crippen LogP contribution >= 0.6 is 0 Å². The van der Waals surface area contributed by atoms with Crippen LogP contribution in [0.15, 0.2) is 154 Å². The Morgan fingerprint density at radius 1 is 0.435 bits per heavy atom. The molecule has 0 spiro atoms. The summed E-state index contributed by atoms with van der Waals surface area (Å²) in [6.45, 7) is 0. The van der Waals surface area contributed by atoms with Crippen LogP contribution in [0.5, 0.6) is 0 Å². The van der Waals surface area contributed by atoms with Crippen LogP contribution in [0.1, 0.15) is 0 Å². The molecule has 1 aliphatic rings. The van der Waals surface area contributed by atoms with E-state index in [9.17, 15) is 8.42 Å². The van der Waals surface area contributed by atoms with Crippen LogP contribution in [0.25, 0.3) is 78.4 Å². The number of para-hydroxylation sites is 1. The van der Waals surface area contributed by atoms with Crippen LogP contribution in [-0.4, -0.2) is 23.4 Å². The van der Waals surface area contributed by atoms with Crippen LogP contribution in [0.4, 0.5) is 0 Å². The lowest BCUT2D eigenvalue weighted by Gasteiger charge is -2.08. The minimum absolute atomic E-state index is 0.337. The molecule has 6 nitrogen and oxygen atoms in total. The molecule has 0 saturated carbocycles. The molecule has 46 heavy (non-hydrogen) atoms. The average Bonchev–Trinajstić information content (AvgIpc) is 3.60. The number of aromatic nitrogens is 3. The van der Waals surface area contributed by atoms with Gasteiger partial charge in [0, 0.05) is 33.0 Å². The molecule has 0 aliphatic carbocycles. The van der Waals surface area contributed by atoms with Crippen LogP contribution in [0, 0.1) is 0 Å². The summed E-state index contributed by atoms with van der Waals surface area (Å²) < 4.78 is 33.2. The molecule has 0 fully saturated rings. The van der Waals surface area contributed by atoms with E-state index in [1.807, 2.05) is 115 Å². The van der Waals surface area contributed by atoms with Crippen LogP contribution in [-0.2, 0) is 9.84 Å². The molecule has 9 rings (SSSR count). The Labute approximate surface area is 264 Å². The van der Waals surface area contributed by atoms with Gasteiger partial charge in [-0.05, 0) is 41.5 Å². The smallest absolute Gasteiger partial charge is 0.207 e. The monoisotopic (exact) mass is 613 g/mol. The number of hydrogen-bond acceptors (Lipinski definition) is 6. The molecule has 0 radical (unpaired) electrons. The van der Waals surface area contributed by atoms with E-state index in [1.54, 1.807) is 18.2 Å². The maximum absolute atomic E-state index is 13.4. The van der Waals surface area contributed by atoms with Crippen LogP contribution < -0.4 is 0 Å². The largest absolute Gasteiger partial charge is 0.455 e. The molecular formula is C39H23N3O3S. The van der Waals surface area contributed by atoms with Gasteiger partial charge in [-0.3, -0.25) is 0 Å². The molecule has 6 aromatic carbocycles. The molecule has 7 heteroatoms. The summed E-state index contributed by atoms with van der Waals surface area (Å²) in [5.41, 5.74) is 7.13. The minimum atomic E-state index is -3.58. The summed E-state index contributed by atoms with van der Waals surface area (Å²) in [5, 5.41) is 1.83. The molecule has 0 unspecified atom stereocenters. The lowest BCUT2D eigenvalue weighted by Crippen LogP contribution is -2.00. The summed E-state index contributed by atoms with van der Waals surface area (Å²) in [5.74, 6) is 1.67. The maximum Gasteiger partial charge on any atom is 0.207 e. The average molecular weight is 614 g/mol. The summed E-state index contributed by atoms with van der Waals surface area (Å²) in [6.07, 6.45) is 0. The van der Waals surface area contributed by atoms with Crippen molar-refractivity contribution in [3.05, 3.63) is 140 Å². The second-order valence-electron chi connectivity index (χ2n) is 11.2. The van der Waals surface area contributed by atoms with Gasteiger partial charge in [-0.25, -0.2) is 23.4 Å². The van der Waals surface area contributed by atoms with E-state index < -0.39 is 9.84 Å². The third-order valence-electron chi connectivity index (χ3n) is 8.51. The predicted octanol–water partition coefficient (Wildman–Crippen LogP) is 9.25. The van der Waals surface area contributed by atoms with Crippen LogP contribution in [0.2, 0.25) is 0 Å². The third-order valence-corrected chi connectivity index (χ3v) is 10.4. The predicted molar refractivity (Wildman–Crippen MR) is 180 cm³/mol. The second kappa shape index (κ2) is 10.1. The molecule has 0 atom stereocenters. The highest BCUT2D eigenvalue weighted by atomic mass is 32.2. The van der Waals surface area contributed by atoms with E-state index in [4.69, 9.17) is 19.4 Å². The fourth-order valence-corrected chi connectivity index (χ4v) is 7.98. The van der Waals surface area contributed by atoms with Gasteiger partial charge in [-0.15, -0.1) is 0 Å². The Bertz CT molecular complexity index is 2540. The van der Waals surface area contributed by atoms with Crippen molar-refractivity contribution in [2.24, 2.45) is 0 Å². The maximum atomic E-state index is 13.4. The van der Waals surface area contributed by atoms with E-state index in [0.717, 1.165) is 49.7 Å². The molecule has 8 aromatic rings. The van der Waals surface area contributed by atoms with Gasteiger partial charge in [-0.1, -0.05) is 109 Å². The van der Waals surface area contributed by atoms with Gasteiger partial charge in [0.2, 0.25) is 9.84 Å². The Morgan fingerprint density at radius 2 is 1.02 bits per heavy atom. The van der Waals surface area contributed by atoms with Crippen molar-refractivity contribution in [1.82, 2.24) is 15.0 Å². The van der Waals surface area contributed by atoms with Crippen molar-refractivity contribution in [3.63, 3.8) is 0 Å². The first-order valence-corrected chi connectivity index (χ1v) is 16.3. The number of rotatable bonds is 4. The van der Waals surface area contributed by atoms with Gasteiger partial charge in [0.05, 0.1) is 15.4 Å². The fourth-order valence-electron chi connectivity index (χ4n) is 6.27. The number of furan rings is 1. The van der Waals surface area contributed by atoms with E-state index in [1.165, 1.54) is 0 Å². The third kappa shape index (κ3) is 4.09. The number of benzene rings is 6. The van der Waals surface area contributed by atoms with Crippen molar-refractivity contribution in [3.8, 4) is 56.4 Å². The first kappa shape index (κ1) is 26.5. The van der Waals surface area contributed by atoms with Gasteiger partial charge >= 0.3 is 0 Å². The molecule has 2 aromatic heterocycles. The Morgan fingerprint density at radius 3 is 1.76 bits per heavy atom. The zero-order chi connectivity index (χ0) is 30.8.